The van der Waals surface area contributed by atoms with E-state index < -0.39 is 0 Å². The minimum absolute atomic E-state index is 0.990. The lowest BCUT2D eigenvalue weighted by atomic mass is 9.96. The molecule has 0 aliphatic heterocycles. The van der Waals surface area contributed by atoms with Gasteiger partial charge in [0.25, 0.3) is 0 Å². The average Bonchev–Trinajstić information content (AvgIpc) is 3.47. The average molecular weight is 588 g/mol. The summed E-state index contributed by atoms with van der Waals surface area (Å²) in [6, 6.07) is 62.4. The number of para-hydroxylation sites is 5. The standard InChI is InChI=1S/C43H29N3/c1-4-14-31(15-5-1)45(32-16-6-2-7-17-32)34-26-24-30(25-27-34)43-37-28-29-40-42(41(37)35-20-10-12-22-38(35)44-43)36-21-11-13-23-39(36)46(40)33-18-8-3-9-19-33/h1-29H. The molecule has 3 nitrogen and oxygen atoms in total. The van der Waals surface area contributed by atoms with Crippen LogP contribution in [0.25, 0.3) is 60.4 Å². The van der Waals surface area contributed by atoms with Gasteiger partial charge in [-0.2, -0.15) is 0 Å². The number of hydrogen-bond donors (Lipinski definition) is 0. The Morgan fingerprint density at radius 3 is 1.65 bits per heavy atom. The van der Waals surface area contributed by atoms with E-state index in [0.717, 1.165) is 44.9 Å². The van der Waals surface area contributed by atoms with Crippen LogP contribution in [0.2, 0.25) is 0 Å². The molecule has 0 saturated heterocycles. The Labute approximate surface area is 267 Å². The van der Waals surface area contributed by atoms with Gasteiger partial charge in [0.2, 0.25) is 0 Å². The van der Waals surface area contributed by atoms with Crippen molar-refractivity contribution in [2.45, 2.75) is 0 Å². The highest BCUT2D eigenvalue weighted by molar-refractivity contribution is 6.29. The fourth-order valence-corrected chi connectivity index (χ4v) is 6.95. The van der Waals surface area contributed by atoms with Gasteiger partial charge in [-0.15, -0.1) is 0 Å². The number of aromatic nitrogens is 2. The molecule has 216 valence electrons. The lowest BCUT2D eigenvalue weighted by Crippen LogP contribution is -2.09. The molecule has 0 spiro atoms. The van der Waals surface area contributed by atoms with Crippen LogP contribution in [0.15, 0.2) is 176 Å². The topological polar surface area (TPSA) is 21.1 Å². The van der Waals surface area contributed by atoms with Gasteiger partial charge in [-0.05, 0) is 66.7 Å². The van der Waals surface area contributed by atoms with E-state index in [1.165, 1.54) is 32.6 Å². The number of fused-ring (bicyclic) bond motifs is 7. The maximum Gasteiger partial charge on any atom is 0.0788 e. The van der Waals surface area contributed by atoms with Crippen LogP contribution in [0, 0.1) is 0 Å². The molecule has 0 saturated carbocycles. The predicted octanol–water partition coefficient (Wildman–Crippen LogP) is 11.6. The van der Waals surface area contributed by atoms with Gasteiger partial charge >= 0.3 is 0 Å². The van der Waals surface area contributed by atoms with Crippen molar-refractivity contribution >= 4 is 60.5 Å². The van der Waals surface area contributed by atoms with E-state index in [2.05, 4.69) is 185 Å². The quantitative estimate of drug-likeness (QED) is 0.187. The maximum absolute atomic E-state index is 5.30. The number of pyridine rings is 1. The normalized spacial score (nSPS) is 11.5. The molecule has 9 aromatic rings. The SMILES string of the molecule is c1ccc(N(c2ccccc2)c2ccc(-c3nc4ccccc4c4c3ccc3c4c4ccccc4n3-c3ccccc3)cc2)cc1. The first-order chi connectivity index (χ1) is 22.8. The van der Waals surface area contributed by atoms with Crippen LogP contribution in [-0.4, -0.2) is 9.55 Å². The minimum Gasteiger partial charge on any atom is -0.311 e. The van der Waals surface area contributed by atoms with E-state index in [1.54, 1.807) is 0 Å². The van der Waals surface area contributed by atoms with Crippen LogP contribution in [0.5, 0.6) is 0 Å². The van der Waals surface area contributed by atoms with Crippen molar-refractivity contribution < 1.29 is 0 Å². The highest BCUT2D eigenvalue weighted by Gasteiger charge is 2.19. The van der Waals surface area contributed by atoms with Crippen LogP contribution in [0.3, 0.4) is 0 Å². The van der Waals surface area contributed by atoms with Crippen LogP contribution >= 0.6 is 0 Å². The van der Waals surface area contributed by atoms with Crippen molar-refractivity contribution in [1.29, 1.82) is 0 Å². The molecular formula is C43H29N3. The van der Waals surface area contributed by atoms with Crippen LogP contribution in [-0.2, 0) is 0 Å². The second kappa shape index (κ2) is 10.8. The third-order valence-electron chi connectivity index (χ3n) is 8.94. The maximum atomic E-state index is 5.30. The fraction of sp³-hybridized carbons (Fsp3) is 0. The lowest BCUT2D eigenvalue weighted by molar-refractivity contribution is 1.18. The molecule has 0 bridgehead atoms. The number of rotatable bonds is 5. The van der Waals surface area contributed by atoms with E-state index in [-0.39, 0.29) is 0 Å². The summed E-state index contributed by atoms with van der Waals surface area (Å²) < 4.78 is 2.38. The molecule has 0 aliphatic carbocycles. The Morgan fingerprint density at radius 2 is 0.957 bits per heavy atom. The lowest BCUT2D eigenvalue weighted by Gasteiger charge is -2.25. The predicted molar refractivity (Wildman–Crippen MR) is 194 cm³/mol. The summed E-state index contributed by atoms with van der Waals surface area (Å²) in [6.07, 6.45) is 0. The van der Waals surface area contributed by atoms with Crippen LogP contribution < -0.4 is 4.90 Å². The summed E-state index contributed by atoms with van der Waals surface area (Å²) in [6.45, 7) is 0. The molecule has 0 unspecified atom stereocenters. The second-order valence-corrected chi connectivity index (χ2v) is 11.6. The molecule has 0 fully saturated rings. The van der Waals surface area contributed by atoms with Gasteiger partial charge < -0.3 is 9.47 Å². The Kier molecular flexibility index (Phi) is 6.14. The highest BCUT2D eigenvalue weighted by atomic mass is 15.1. The first kappa shape index (κ1) is 26.2. The van der Waals surface area contributed by atoms with Crippen LogP contribution in [0.1, 0.15) is 0 Å². The fourth-order valence-electron chi connectivity index (χ4n) is 6.95. The first-order valence-electron chi connectivity index (χ1n) is 15.7. The number of nitrogens with zero attached hydrogens (tertiary/aromatic N) is 3. The van der Waals surface area contributed by atoms with Gasteiger partial charge in [0, 0.05) is 55.2 Å². The van der Waals surface area contributed by atoms with Gasteiger partial charge in [-0.1, -0.05) is 109 Å². The van der Waals surface area contributed by atoms with Gasteiger partial charge in [0.05, 0.1) is 22.2 Å². The van der Waals surface area contributed by atoms with E-state index in [1.807, 2.05) is 0 Å². The van der Waals surface area contributed by atoms with Crippen molar-refractivity contribution in [2.24, 2.45) is 0 Å². The summed E-state index contributed by atoms with van der Waals surface area (Å²) in [5.74, 6) is 0. The molecule has 0 aliphatic rings. The summed E-state index contributed by atoms with van der Waals surface area (Å²) in [5, 5.41) is 6.05. The second-order valence-electron chi connectivity index (χ2n) is 11.6. The smallest absolute Gasteiger partial charge is 0.0788 e. The van der Waals surface area contributed by atoms with Gasteiger partial charge in [-0.3, -0.25) is 0 Å². The van der Waals surface area contributed by atoms with E-state index in [0.29, 0.717) is 0 Å². The Hall–Kier alpha value is -6.19. The molecule has 0 N–H and O–H groups in total. The zero-order valence-corrected chi connectivity index (χ0v) is 25.1. The monoisotopic (exact) mass is 587 g/mol. The van der Waals surface area contributed by atoms with Crippen molar-refractivity contribution in [1.82, 2.24) is 9.55 Å². The van der Waals surface area contributed by atoms with Crippen molar-refractivity contribution in [3.8, 4) is 16.9 Å². The number of hydrogen-bond acceptors (Lipinski definition) is 2. The third kappa shape index (κ3) is 4.17. The zero-order chi connectivity index (χ0) is 30.5. The number of anilines is 3. The Morgan fingerprint density at radius 1 is 0.391 bits per heavy atom. The summed E-state index contributed by atoms with van der Waals surface area (Å²) in [5.41, 5.74) is 9.96. The van der Waals surface area contributed by atoms with Gasteiger partial charge in [0.1, 0.15) is 0 Å². The molecule has 0 atom stereocenters. The Balaban J connectivity index is 1.29. The third-order valence-corrected chi connectivity index (χ3v) is 8.94. The highest BCUT2D eigenvalue weighted by Crippen LogP contribution is 2.43. The molecule has 46 heavy (non-hydrogen) atoms. The summed E-state index contributed by atoms with van der Waals surface area (Å²) in [4.78, 5) is 7.59. The van der Waals surface area contributed by atoms with Gasteiger partial charge in [0.15, 0.2) is 0 Å². The molecule has 3 heteroatoms. The summed E-state index contributed by atoms with van der Waals surface area (Å²) in [7, 11) is 0. The van der Waals surface area contributed by atoms with E-state index in [4.69, 9.17) is 4.98 Å². The van der Waals surface area contributed by atoms with E-state index >= 15 is 0 Å². The van der Waals surface area contributed by atoms with Crippen molar-refractivity contribution in [3.63, 3.8) is 0 Å². The zero-order valence-electron chi connectivity index (χ0n) is 25.1. The molecule has 7 aromatic carbocycles. The van der Waals surface area contributed by atoms with Crippen molar-refractivity contribution in [2.75, 3.05) is 4.90 Å². The molecule has 2 aromatic heterocycles. The number of benzene rings is 7. The molecule has 9 rings (SSSR count). The molecule has 2 heterocycles. The minimum atomic E-state index is 0.990. The molecular weight excluding hydrogens is 558 g/mol. The summed E-state index contributed by atoms with van der Waals surface area (Å²) >= 11 is 0. The van der Waals surface area contributed by atoms with Crippen molar-refractivity contribution in [3.05, 3.63) is 176 Å². The van der Waals surface area contributed by atoms with Gasteiger partial charge in [-0.25, -0.2) is 4.98 Å². The largest absolute Gasteiger partial charge is 0.311 e. The van der Waals surface area contributed by atoms with E-state index in [9.17, 15) is 0 Å². The molecule has 0 amide bonds. The first-order valence-corrected chi connectivity index (χ1v) is 15.7. The molecule has 0 radical (unpaired) electrons. The van der Waals surface area contributed by atoms with Crippen LogP contribution in [0.4, 0.5) is 17.1 Å². The Bertz CT molecular complexity index is 2460.